The molecule has 0 unspecified atom stereocenters. The number of hydrogen-bond donors (Lipinski definition) is 2. The molecule has 166 valence electrons. The molecule has 2 N–H and O–H groups in total. The van der Waals surface area contributed by atoms with E-state index in [-0.39, 0.29) is 30.7 Å². The van der Waals surface area contributed by atoms with E-state index in [0.29, 0.717) is 26.1 Å². The Kier molecular flexibility index (Phi) is 8.13. The maximum atomic E-state index is 12.7. The van der Waals surface area contributed by atoms with Gasteiger partial charge in [-0.1, -0.05) is 24.3 Å². The monoisotopic (exact) mass is 444 g/mol. The van der Waals surface area contributed by atoms with Crippen LogP contribution in [0.4, 0.5) is 0 Å². The lowest BCUT2D eigenvalue weighted by molar-refractivity contribution is -0.138. The van der Waals surface area contributed by atoms with Crippen molar-refractivity contribution in [1.29, 1.82) is 0 Å². The minimum absolute atomic E-state index is 0.106. The van der Waals surface area contributed by atoms with Gasteiger partial charge in [-0.2, -0.15) is 0 Å². The fraction of sp³-hybridized carbons (Fsp3) is 0.455. The van der Waals surface area contributed by atoms with Gasteiger partial charge in [0, 0.05) is 26.6 Å². The Balaban J connectivity index is 1.49. The molecule has 0 spiro atoms. The molecule has 2 heterocycles. The van der Waals surface area contributed by atoms with Gasteiger partial charge in [-0.05, 0) is 30.9 Å². The van der Waals surface area contributed by atoms with Crippen molar-refractivity contribution < 1.29 is 19.1 Å². The number of methoxy groups -OCH3 is 1. The summed E-state index contributed by atoms with van der Waals surface area (Å²) in [5, 5.41) is 5.52. The third kappa shape index (κ3) is 6.11. The Bertz CT molecular complexity index is 912. The molecule has 1 aromatic carbocycles. The van der Waals surface area contributed by atoms with Crippen molar-refractivity contribution in [1.82, 2.24) is 20.5 Å². The van der Waals surface area contributed by atoms with Gasteiger partial charge >= 0.3 is 0 Å². The lowest BCUT2D eigenvalue weighted by Crippen LogP contribution is -2.48. The number of ether oxygens (including phenoxy) is 1. The standard InChI is InChI=1S/C22H28N4O4S/c1-15-21(31-14-25-15)17-7-5-16(6-8-17)12-24-22(29)18-4-3-10-26(18)20(28)13-23-19(27)9-11-30-2/h5-8,14,18H,3-4,9-13H2,1-2H3,(H,23,27)(H,24,29)/t18-/m0/s1. The first-order valence-electron chi connectivity index (χ1n) is 10.3. The molecule has 1 aromatic heterocycles. The number of benzene rings is 1. The van der Waals surface area contributed by atoms with Crippen LogP contribution in [0.2, 0.25) is 0 Å². The van der Waals surface area contributed by atoms with E-state index in [2.05, 4.69) is 15.6 Å². The zero-order valence-electron chi connectivity index (χ0n) is 17.8. The van der Waals surface area contributed by atoms with Crippen LogP contribution in [0.25, 0.3) is 10.4 Å². The molecule has 1 atom stereocenters. The van der Waals surface area contributed by atoms with Crippen molar-refractivity contribution in [2.45, 2.75) is 38.8 Å². The van der Waals surface area contributed by atoms with Crippen molar-refractivity contribution in [2.24, 2.45) is 0 Å². The second-order valence-electron chi connectivity index (χ2n) is 7.45. The van der Waals surface area contributed by atoms with Crippen LogP contribution >= 0.6 is 11.3 Å². The number of amides is 3. The van der Waals surface area contributed by atoms with Crippen LogP contribution in [-0.4, -0.2) is 60.5 Å². The third-order valence-electron chi connectivity index (χ3n) is 5.27. The molecule has 3 amide bonds. The summed E-state index contributed by atoms with van der Waals surface area (Å²) in [6, 6.07) is 7.53. The molecular formula is C22H28N4O4S. The molecule has 0 bridgehead atoms. The highest BCUT2D eigenvalue weighted by Crippen LogP contribution is 2.27. The van der Waals surface area contributed by atoms with Crippen LogP contribution < -0.4 is 10.6 Å². The van der Waals surface area contributed by atoms with Gasteiger partial charge in [0.2, 0.25) is 17.7 Å². The smallest absolute Gasteiger partial charge is 0.243 e. The summed E-state index contributed by atoms with van der Waals surface area (Å²) in [4.78, 5) is 43.8. The van der Waals surface area contributed by atoms with Crippen LogP contribution in [0.15, 0.2) is 29.8 Å². The van der Waals surface area contributed by atoms with Crippen LogP contribution in [0.3, 0.4) is 0 Å². The second-order valence-corrected chi connectivity index (χ2v) is 8.30. The molecular weight excluding hydrogens is 416 g/mol. The average Bonchev–Trinajstić information content (AvgIpc) is 3.44. The number of likely N-dealkylation sites (tertiary alicyclic amines) is 1. The molecule has 2 aromatic rings. The Morgan fingerprint density at radius 1 is 1.23 bits per heavy atom. The summed E-state index contributed by atoms with van der Waals surface area (Å²) < 4.78 is 4.85. The summed E-state index contributed by atoms with van der Waals surface area (Å²) in [5.41, 5.74) is 4.93. The summed E-state index contributed by atoms with van der Waals surface area (Å²) in [7, 11) is 1.52. The highest BCUT2D eigenvalue weighted by Gasteiger charge is 2.33. The molecule has 1 saturated heterocycles. The topological polar surface area (TPSA) is 101 Å². The fourth-order valence-corrected chi connectivity index (χ4v) is 4.37. The molecule has 8 nitrogen and oxygen atoms in total. The molecule has 0 aliphatic carbocycles. The Morgan fingerprint density at radius 3 is 2.68 bits per heavy atom. The third-order valence-corrected chi connectivity index (χ3v) is 6.25. The maximum absolute atomic E-state index is 12.7. The first kappa shape index (κ1) is 22.9. The minimum Gasteiger partial charge on any atom is -0.384 e. The first-order valence-corrected chi connectivity index (χ1v) is 11.2. The predicted molar refractivity (Wildman–Crippen MR) is 118 cm³/mol. The van der Waals surface area contributed by atoms with E-state index in [1.54, 1.807) is 16.2 Å². The normalized spacial score (nSPS) is 15.7. The van der Waals surface area contributed by atoms with E-state index in [0.717, 1.165) is 28.1 Å². The van der Waals surface area contributed by atoms with Gasteiger partial charge in [0.25, 0.3) is 0 Å². The SMILES string of the molecule is COCCC(=O)NCC(=O)N1CCC[C@H]1C(=O)NCc1ccc(-c2scnc2C)cc1. The number of nitrogens with one attached hydrogen (secondary N) is 2. The Hall–Kier alpha value is -2.78. The Morgan fingerprint density at radius 2 is 2.00 bits per heavy atom. The number of carbonyl (C=O) groups excluding carboxylic acids is 3. The predicted octanol–water partition coefficient (Wildman–Crippen LogP) is 1.88. The van der Waals surface area contributed by atoms with Gasteiger partial charge in [-0.15, -0.1) is 11.3 Å². The van der Waals surface area contributed by atoms with Crippen LogP contribution in [0, 0.1) is 6.92 Å². The van der Waals surface area contributed by atoms with Gasteiger partial charge < -0.3 is 20.3 Å². The van der Waals surface area contributed by atoms with Gasteiger partial charge in [0.1, 0.15) is 6.04 Å². The van der Waals surface area contributed by atoms with Crippen molar-refractivity contribution in [3.8, 4) is 10.4 Å². The van der Waals surface area contributed by atoms with Crippen molar-refractivity contribution >= 4 is 29.1 Å². The van der Waals surface area contributed by atoms with E-state index in [9.17, 15) is 14.4 Å². The summed E-state index contributed by atoms with van der Waals surface area (Å²) in [6.07, 6.45) is 1.60. The van der Waals surface area contributed by atoms with Crippen molar-refractivity contribution in [3.63, 3.8) is 0 Å². The largest absolute Gasteiger partial charge is 0.384 e. The number of hydrogen-bond acceptors (Lipinski definition) is 6. The fourth-order valence-electron chi connectivity index (χ4n) is 3.56. The van der Waals surface area contributed by atoms with E-state index >= 15 is 0 Å². The van der Waals surface area contributed by atoms with E-state index < -0.39 is 6.04 Å². The number of carbonyl (C=O) groups is 3. The zero-order valence-corrected chi connectivity index (χ0v) is 18.7. The summed E-state index contributed by atoms with van der Waals surface area (Å²) >= 11 is 1.61. The lowest BCUT2D eigenvalue weighted by Gasteiger charge is -2.24. The van der Waals surface area contributed by atoms with Crippen LogP contribution in [0.1, 0.15) is 30.5 Å². The first-order chi connectivity index (χ1) is 15.0. The number of thiazole rings is 1. The number of aromatic nitrogens is 1. The lowest BCUT2D eigenvalue weighted by atomic mass is 10.1. The van der Waals surface area contributed by atoms with Gasteiger partial charge in [0.15, 0.2) is 0 Å². The summed E-state index contributed by atoms with van der Waals surface area (Å²) in [5.74, 6) is -0.654. The molecule has 1 fully saturated rings. The van der Waals surface area contributed by atoms with Gasteiger partial charge in [-0.3, -0.25) is 14.4 Å². The molecule has 1 aliphatic heterocycles. The summed E-state index contributed by atoms with van der Waals surface area (Å²) in [6.45, 7) is 3.10. The zero-order chi connectivity index (χ0) is 22.2. The molecule has 0 radical (unpaired) electrons. The molecule has 9 heteroatoms. The van der Waals surface area contributed by atoms with Gasteiger partial charge in [-0.25, -0.2) is 4.98 Å². The number of nitrogens with zero attached hydrogens (tertiary/aromatic N) is 2. The number of rotatable bonds is 9. The minimum atomic E-state index is -0.498. The highest BCUT2D eigenvalue weighted by molar-refractivity contribution is 7.13. The molecule has 3 rings (SSSR count). The van der Waals surface area contributed by atoms with E-state index in [1.807, 2.05) is 36.7 Å². The average molecular weight is 445 g/mol. The van der Waals surface area contributed by atoms with E-state index in [1.165, 1.54) is 7.11 Å². The van der Waals surface area contributed by atoms with Crippen LogP contribution in [-0.2, 0) is 25.7 Å². The van der Waals surface area contributed by atoms with E-state index in [4.69, 9.17) is 4.74 Å². The maximum Gasteiger partial charge on any atom is 0.243 e. The molecule has 31 heavy (non-hydrogen) atoms. The highest BCUT2D eigenvalue weighted by atomic mass is 32.1. The number of aryl methyl sites for hydroxylation is 1. The molecule has 1 aliphatic rings. The quantitative estimate of drug-likeness (QED) is 0.615. The van der Waals surface area contributed by atoms with Gasteiger partial charge in [0.05, 0.1) is 29.2 Å². The van der Waals surface area contributed by atoms with Crippen molar-refractivity contribution in [2.75, 3.05) is 26.8 Å². The second kappa shape index (κ2) is 11.0. The molecule has 0 saturated carbocycles. The van der Waals surface area contributed by atoms with Crippen LogP contribution in [0.5, 0.6) is 0 Å². The van der Waals surface area contributed by atoms with Crippen molar-refractivity contribution in [3.05, 3.63) is 41.0 Å². The Labute approximate surface area is 186 Å².